The molecule has 0 spiro atoms. The molecule has 0 N–H and O–H groups in total. The molecule has 0 radical (unpaired) electrons. The molecule has 1 aromatic heterocycles. The number of hydrogen-bond donors (Lipinski definition) is 0. The normalized spacial score (nSPS) is 14.7. The first-order valence-corrected chi connectivity index (χ1v) is 8.01. The molecule has 19 heavy (non-hydrogen) atoms. The molecule has 0 atom stereocenters. The quantitative estimate of drug-likeness (QED) is 0.720. The smallest absolute Gasteiger partial charge is 0.226 e. The molecule has 1 aliphatic carbocycles. The highest BCUT2D eigenvalue weighted by atomic mass is 32.2. The van der Waals surface area contributed by atoms with E-state index < -0.39 is 0 Å². The van der Waals surface area contributed by atoms with E-state index in [2.05, 4.69) is 40.5 Å². The Morgan fingerprint density at radius 2 is 2.00 bits per heavy atom. The molecule has 1 fully saturated rings. The minimum atomic E-state index is 0.560. The first-order chi connectivity index (χ1) is 9.42. The Hall–Kier alpha value is -1.29. The molecule has 0 unspecified atom stereocenters. The molecule has 1 aliphatic rings. The van der Waals surface area contributed by atoms with Crippen molar-refractivity contribution in [3.63, 3.8) is 0 Å². The summed E-state index contributed by atoms with van der Waals surface area (Å²) in [5.41, 5.74) is 1.41. The van der Waals surface area contributed by atoms with Crippen molar-refractivity contribution in [2.45, 2.75) is 37.4 Å². The van der Waals surface area contributed by atoms with Crippen LogP contribution < -0.4 is 0 Å². The van der Waals surface area contributed by atoms with Crippen LogP contribution >= 0.6 is 11.8 Å². The summed E-state index contributed by atoms with van der Waals surface area (Å²) in [6, 6.07) is 10.6. The van der Waals surface area contributed by atoms with Gasteiger partial charge in [0.1, 0.15) is 0 Å². The van der Waals surface area contributed by atoms with Crippen LogP contribution in [0.2, 0.25) is 0 Å². The minimum Gasteiger partial charge on any atom is -0.424 e. The van der Waals surface area contributed by atoms with Gasteiger partial charge in [-0.25, -0.2) is 0 Å². The maximum Gasteiger partial charge on any atom is 0.226 e. The number of aromatic nitrogens is 2. The van der Waals surface area contributed by atoms with Gasteiger partial charge in [-0.15, -0.1) is 10.2 Å². The third kappa shape index (κ3) is 3.83. The number of hydrogen-bond acceptors (Lipinski definition) is 4. The highest BCUT2D eigenvalue weighted by Crippen LogP contribution is 2.39. The third-order valence-corrected chi connectivity index (χ3v) is 4.26. The second-order valence-electron chi connectivity index (χ2n) is 4.95. The SMILES string of the molecule is c1ccc(CCCSCc2nnc(C3CC3)o2)cc1. The number of rotatable bonds is 7. The van der Waals surface area contributed by atoms with Crippen LogP contribution in [0.3, 0.4) is 0 Å². The molecule has 3 rings (SSSR count). The van der Waals surface area contributed by atoms with E-state index in [9.17, 15) is 0 Å². The molecular formula is C15H18N2OS. The van der Waals surface area contributed by atoms with Crippen molar-refractivity contribution in [3.05, 3.63) is 47.7 Å². The van der Waals surface area contributed by atoms with Crippen molar-refractivity contribution < 1.29 is 4.42 Å². The van der Waals surface area contributed by atoms with Gasteiger partial charge in [-0.2, -0.15) is 11.8 Å². The molecular weight excluding hydrogens is 256 g/mol. The summed E-state index contributed by atoms with van der Waals surface area (Å²) in [5, 5.41) is 8.19. The Kier molecular flexibility index (Phi) is 4.18. The fourth-order valence-corrected chi connectivity index (χ4v) is 2.79. The van der Waals surface area contributed by atoms with Gasteiger partial charge in [-0.05, 0) is 37.0 Å². The average Bonchev–Trinajstić information content (AvgIpc) is 3.20. The van der Waals surface area contributed by atoms with E-state index in [1.54, 1.807) is 0 Å². The van der Waals surface area contributed by atoms with Crippen LogP contribution in [0.5, 0.6) is 0 Å². The molecule has 1 heterocycles. The number of benzene rings is 1. The summed E-state index contributed by atoms with van der Waals surface area (Å²) in [5.74, 6) is 4.17. The first-order valence-electron chi connectivity index (χ1n) is 6.86. The predicted molar refractivity (Wildman–Crippen MR) is 77.2 cm³/mol. The van der Waals surface area contributed by atoms with Crippen molar-refractivity contribution in [2.75, 3.05) is 5.75 Å². The second-order valence-corrected chi connectivity index (χ2v) is 6.06. The molecule has 1 aromatic carbocycles. The Morgan fingerprint density at radius 3 is 2.79 bits per heavy atom. The van der Waals surface area contributed by atoms with Gasteiger partial charge in [-0.1, -0.05) is 30.3 Å². The Balaban J connectivity index is 1.34. The summed E-state index contributed by atoms with van der Waals surface area (Å²) in [4.78, 5) is 0. The number of nitrogens with zero attached hydrogens (tertiary/aromatic N) is 2. The molecule has 4 heteroatoms. The average molecular weight is 274 g/mol. The zero-order chi connectivity index (χ0) is 12.9. The summed E-state index contributed by atoms with van der Waals surface area (Å²) >= 11 is 1.87. The summed E-state index contributed by atoms with van der Waals surface area (Å²) in [6.07, 6.45) is 4.76. The maximum absolute atomic E-state index is 5.63. The van der Waals surface area contributed by atoms with Crippen molar-refractivity contribution in [1.82, 2.24) is 10.2 Å². The lowest BCUT2D eigenvalue weighted by Gasteiger charge is -2.00. The maximum atomic E-state index is 5.63. The van der Waals surface area contributed by atoms with Crippen molar-refractivity contribution in [1.29, 1.82) is 0 Å². The lowest BCUT2D eigenvalue weighted by molar-refractivity contribution is 0.466. The van der Waals surface area contributed by atoms with Crippen molar-refractivity contribution in [2.24, 2.45) is 0 Å². The van der Waals surface area contributed by atoms with Gasteiger partial charge in [-0.3, -0.25) is 0 Å². The van der Waals surface area contributed by atoms with Crippen molar-refractivity contribution in [3.8, 4) is 0 Å². The molecule has 0 bridgehead atoms. The third-order valence-electron chi connectivity index (χ3n) is 3.23. The monoisotopic (exact) mass is 274 g/mol. The van der Waals surface area contributed by atoms with E-state index >= 15 is 0 Å². The zero-order valence-corrected chi connectivity index (χ0v) is 11.7. The van der Waals surface area contributed by atoms with Gasteiger partial charge in [0.15, 0.2) is 0 Å². The van der Waals surface area contributed by atoms with Crippen LogP contribution in [-0.2, 0) is 12.2 Å². The first kappa shape index (κ1) is 12.7. The van der Waals surface area contributed by atoms with Gasteiger partial charge < -0.3 is 4.42 Å². The van der Waals surface area contributed by atoms with E-state index in [1.165, 1.54) is 24.8 Å². The van der Waals surface area contributed by atoms with E-state index in [0.29, 0.717) is 5.92 Å². The topological polar surface area (TPSA) is 38.9 Å². The highest BCUT2D eigenvalue weighted by Gasteiger charge is 2.29. The van der Waals surface area contributed by atoms with E-state index in [0.717, 1.165) is 29.7 Å². The number of thioether (sulfide) groups is 1. The summed E-state index contributed by atoms with van der Waals surface area (Å²) in [7, 11) is 0. The van der Waals surface area contributed by atoms with E-state index in [1.807, 2.05) is 11.8 Å². The van der Waals surface area contributed by atoms with Crippen LogP contribution in [0.4, 0.5) is 0 Å². The molecule has 0 amide bonds. The van der Waals surface area contributed by atoms with Crippen LogP contribution in [0.25, 0.3) is 0 Å². The van der Waals surface area contributed by atoms with Gasteiger partial charge in [0.2, 0.25) is 11.8 Å². The Morgan fingerprint density at radius 1 is 1.16 bits per heavy atom. The van der Waals surface area contributed by atoms with Gasteiger partial charge in [0, 0.05) is 5.92 Å². The van der Waals surface area contributed by atoms with E-state index in [-0.39, 0.29) is 0 Å². The van der Waals surface area contributed by atoms with Crippen LogP contribution in [-0.4, -0.2) is 16.0 Å². The minimum absolute atomic E-state index is 0.560. The lowest BCUT2D eigenvalue weighted by atomic mass is 10.1. The van der Waals surface area contributed by atoms with Gasteiger partial charge in [0.05, 0.1) is 5.75 Å². The van der Waals surface area contributed by atoms with E-state index in [4.69, 9.17) is 4.42 Å². The molecule has 1 saturated carbocycles. The largest absolute Gasteiger partial charge is 0.424 e. The zero-order valence-electron chi connectivity index (χ0n) is 10.9. The lowest BCUT2D eigenvalue weighted by Crippen LogP contribution is -1.88. The predicted octanol–water partition coefficient (Wildman–Crippen LogP) is 3.81. The second kappa shape index (κ2) is 6.24. The molecule has 0 aliphatic heterocycles. The fraction of sp³-hybridized carbons (Fsp3) is 0.467. The molecule has 3 nitrogen and oxygen atoms in total. The number of aryl methyl sites for hydroxylation is 1. The Labute approximate surface area is 117 Å². The molecule has 2 aromatic rings. The fourth-order valence-electron chi connectivity index (χ4n) is 2.00. The molecule has 100 valence electrons. The van der Waals surface area contributed by atoms with Gasteiger partial charge >= 0.3 is 0 Å². The van der Waals surface area contributed by atoms with Crippen molar-refractivity contribution >= 4 is 11.8 Å². The van der Waals surface area contributed by atoms with Crippen LogP contribution in [0.1, 0.15) is 42.5 Å². The van der Waals surface area contributed by atoms with Crippen LogP contribution in [0.15, 0.2) is 34.7 Å². The Bertz CT molecular complexity index is 508. The highest BCUT2D eigenvalue weighted by molar-refractivity contribution is 7.98. The summed E-state index contributed by atoms with van der Waals surface area (Å²) < 4.78 is 5.63. The van der Waals surface area contributed by atoms with Crippen LogP contribution in [0, 0.1) is 0 Å². The van der Waals surface area contributed by atoms with Gasteiger partial charge in [0.25, 0.3) is 0 Å². The summed E-state index contributed by atoms with van der Waals surface area (Å²) in [6.45, 7) is 0. The molecule has 0 saturated heterocycles. The standard InChI is InChI=1S/C15H18N2OS/c1-2-5-12(6-3-1)7-4-10-19-11-14-16-17-15(18-14)13-8-9-13/h1-3,5-6,13H,4,7-11H2.